The van der Waals surface area contributed by atoms with E-state index in [1.165, 1.54) is 11.7 Å². The van der Waals surface area contributed by atoms with E-state index in [0.29, 0.717) is 17.0 Å². The van der Waals surface area contributed by atoms with E-state index in [1.807, 2.05) is 38.1 Å². The van der Waals surface area contributed by atoms with E-state index in [1.54, 1.807) is 12.1 Å². The Balaban J connectivity index is 2.08. The molecular weight excluding hydrogens is 450 g/mol. The molecule has 3 N–H and O–H groups in total. The number of primary amides is 1. The number of methoxy groups -OCH3 is 1. The number of nitrogens with two attached hydrogens (primary N) is 1. The van der Waals surface area contributed by atoms with E-state index in [0.717, 1.165) is 15.6 Å². The molecule has 4 rings (SSSR count). The Morgan fingerprint density at radius 2 is 1.90 bits per heavy atom. The summed E-state index contributed by atoms with van der Waals surface area (Å²) in [5.74, 6) is -0.0410. The number of aryl methyl sites for hydroxylation is 2. The topological polar surface area (TPSA) is 116 Å². The molecule has 30 heavy (non-hydrogen) atoms. The molecule has 0 unspecified atom stereocenters. The number of carbonyl (C=O) groups is 1. The van der Waals surface area contributed by atoms with Crippen molar-refractivity contribution >= 4 is 33.0 Å². The van der Waals surface area contributed by atoms with Crippen LogP contribution >= 0.6 is 15.9 Å². The van der Waals surface area contributed by atoms with Gasteiger partial charge in [0, 0.05) is 4.47 Å². The van der Waals surface area contributed by atoms with E-state index in [2.05, 4.69) is 30.9 Å². The number of hydrogen-bond acceptors (Lipinski definition) is 5. The first kappa shape index (κ1) is 19.8. The Bertz CT molecular complexity index is 1370. The number of fused-ring (bicyclic) bond motifs is 1. The van der Waals surface area contributed by atoms with Gasteiger partial charge >= 0.3 is 5.69 Å². The van der Waals surface area contributed by atoms with Crippen molar-refractivity contribution in [2.45, 2.75) is 13.8 Å². The summed E-state index contributed by atoms with van der Waals surface area (Å²) >= 11 is 3.43. The maximum atomic E-state index is 12.8. The molecule has 0 radical (unpaired) electrons. The van der Waals surface area contributed by atoms with Crippen LogP contribution in [0.2, 0.25) is 0 Å². The smallest absolute Gasteiger partial charge is 0.332 e. The molecule has 0 saturated carbocycles. The van der Waals surface area contributed by atoms with E-state index in [4.69, 9.17) is 10.5 Å². The Morgan fingerprint density at radius 3 is 2.57 bits per heavy atom. The number of halogens is 1. The van der Waals surface area contributed by atoms with Crippen LogP contribution in [0, 0.1) is 13.8 Å². The molecule has 152 valence electrons. The zero-order chi connectivity index (χ0) is 21.6. The molecule has 0 saturated heterocycles. The van der Waals surface area contributed by atoms with Crippen molar-refractivity contribution in [1.82, 2.24) is 19.5 Å². The number of rotatable bonds is 4. The fourth-order valence-electron chi connectivity index (χ4n) is 3.24. The van der Waals surface area contributed by atoms with Crippen LogP contribution in [0.5, 0.6) is 5.75 Å². The highest BCUT2D eigenvalue weighted by Gasteiger charge is 2.21. The summed E-state index contributed by atoms with van der Waals surface area (Å²) in [6.45, 7) is 3.95. The van der Waals surface area contributed by atoms with Gasteiger partial charge in [-0.05, 0) is 55.3 Å². The predicted octanol–water partition coefficient (Wildman–Crippen LogP) is 3.26. The third-order valence-corrected chi connectivity index (χ3v) is 5.41. The minimum Gasteiger partial charge on any atom is -0.496 e. The van der Waals surface area contributed by atoms with Gasteiger partial charge in [0.25, 0.3) is 5.91 Å². The van der Waals surface area contributed by atoms with Crippen LogP contribution in [-0.2, 0) is 0 Å². The third kappa shape index (κ3) is 3.26. The molecule has 0 aliphatic heterocycles. The number of benzene rings is 2. The van der Waals surface area contributed by atoms with Crippen molar-refractivity contribution in [2.24, 2.45) is 5.73 Å². The van der Waals surface area contributed by atoms with Crippen LogP contribution in [0.25, 0.3) is 28.2 Å². The third-order valence-electron chi connectivity index (χ3n) is 4.92. The Hall–Kier alpha value is -3.46. The molecule has 8 nitrogen and oxygen atoms in total. The van der Waals surface area contributed by atoms with Crippen molar-refractivity contribution < 1.29 is 9.53 Å². The molecular formula is C21H18BrN5O3. The van der Waals surface area contributed by atoms with Gasteiger partial charge in [-0.1, -0.05) is 22.0 Å². The molecule has 0 aliphatic rings. The molecule has 9 heteroatoms. The number of aromatic nitrogens is 4. The summed E-state index contributed by atoms with van der Waals surface area (Å²) in [7, 11) is 1.53. The standard InChI is InChI=1S/C21H18BrN5O3/c1-10-4-6-13(8-11(10)2)27-20-17(25-21(27)29)16(18(23)28)24-19(26-20)14-9-12(22)5-7-15(14)30-3/h4-9H,1-3H3,(H2,23,28)(H,25,29). The Labute approximate surface area is 179 Å². The van der Waals surface area contributed by atoms with Crippen molar-refractivity contribution in [2.75, 3.05) is 7.11 Å². The van der Waals surface area contributed by atoms with Crippen LogP contribution in [-0.4, -0.2) is 32.5 Å². The Morgan fingerprint density at radius 1 is 1.13 bits per heavy atom. The van der Waals surface area contributed by atoms with Crippen molar-refractivity contribution in [3.63, 3.8) is 0 Å². The van der Waals surface area contributed by atoms with Gasteiger partial charge in [0.15, 0.2) is 17.2 Å². The van der Waals surface area contributed by atoms with Gasteiger partial charge < -0.3 is 15.5 Å². The average molecular weight is 468 g/mol. The van der Waals surface area contributed by atoms with Crippen LogP contribution < -0.4 is 16.2 Å². The minimum absolute atomic E-state index is 0.0725. The molecule has 0 fully saturated rings. The van der Waals surface area contributed by atoms with E-state index in [9.17, 15) is 9.59 Å². The predicted molar refractivity (Wildman–Crippen MR) is 117 cm³/mol. The molecule has 2 heterocycles. The van der Waals surface area contributed by atoms with E-state index < -0.39 is 11.6 Å². The summed E-state index contributed by atoms with van der Waals surface area (Å²) in [4.78, 5) is 36.5. The van der Waals surface area contributed by atoms with Gasteiger partial charge in [-0.3, -0.25) is 4.79 Å². The number of hydrogen-bond donors (Lipinski definition) is 2. The van der Waals surface area contributed by atoms with Gasteiger partial charge in [-0.2, -0.15) is 0 Å². The highest BCUT2D eigenvalue weighted by atomic mass is 79.9. The summed E-state index contributed by atoms with van der Waals surface area (Å²) in [5, 5.41) is 0. The molecule has 0 bridgehead atoms. The molecule has 0 aliphatic carbocycles. The van der Waals surface area contributed by atoms with E-state index in [-0.39, 0.29) is 22.7 Å². The van der Waals surface area contributed by atoms with Crippen LogP contribution in [0.3, 0.4) is 0 Å². The van der Waals surface area contributed by atoms with Gasteiger partial charge in [0.2, 0.25) is 0 Å². The first-order valence-corrected chi connectivity index (χ1v) is 9.83. The van der Waals surface area contributed by atoms with Gasteiger partial charge in [0.05, 0.1) is 18.4 Å². The van der Waals surface area contributed by atoms with Gasteiger partial charge in [-0.25, -0.2) is 19.3 Å². The van der Waals surface area contributed by atoms with Gasteiger partial charge in [0.1, 0.15) is 11.3 Å². The molecule has 1 amide bonds. The summed E-state index contributed by atoms with van der Waals surface area (Å²) in [5.41, 5.74) is 8.78. The zero-order valence-electron chi connectivity index (χ0n) is 16.5. The second-order valence-corrected chi connectivity index (χ2v) is 7.75. The maximum Gasteiger partial charge on any atom is 0.332 e. The summed E-state index contributed by atoms with van der Waals surface area (Å²) in [6.07, 6.45) is 0. The molecule has 4 aromatic rings. The number of aromatic amines is 1. The monoisotopic (exact) mass is 467 g/mol. The lowest BCUT2D eigenvalue weighted by molar-refractivity contribution is 0.0997. The number of nitrogens with one attached hydrogen (secondary N) is 1. The number of nitrogens with zero attached hydrogens (tertiary/aromatic N) is 3. The quantitative estimate of drug-likeness (QED) is 0.477. The molecule has 0 spiro atoms. The molecule has 0 atom stereocenters. The lowest BCUT2D eigenvalue weighted by Gasteiger charge is -2.10. The highest BCUT2D eigenvalue weighted by Crippen LogP contribution is 2.32. The first-order valence-electron chi connectivity index (χ1n) is 9.04. The lowest BCUT2D eigenvalue weighted by atomic mass is 10.1. The fourth-order valence-corrected chi connectivity index (χ4v) is 3.60. The number of carbonyl (C=O) groups excluding carboxylic acids is 1. The SMILES string of the molecule is COc1ccc(Br)cc1-c1nc(C(N)=O)c2[nH]c(=O)n(-c3ccc(C)c(C)c3)c2n1. The normalized spacial score (nSPS) is 11.1. The summed E-state index contributed by atoms with van der Waals surface area (Å²) in [6, 6.07) is 11.0. The molecule has 2 aromatic heterocycles. The van der Waals surface area contributed by atoms with Crippen LogP contribution in [0.1, 0.15) is 21.6 Å². The second kappa shape index (κ2) is 7.42. The van der Waals surface area contributed by atoms with Crippen LogP contribution in [0.15, 0.2) is 45.7 Å². The Kier molecular flexibility index (Phi) is 4.90. The highest BCUT2D eigenvalue weighted by molar-refractivity contribution is 9.10. The van der Waals surface area contributed by atoms with Crippen molar-refractivity contribution in [3.05, 3.63) is 68.2 Å². The van der Waals surface area contributed by atoms with Gasteiger partial charge in [-0.15, -0.1) is 0 Å². The van der Waals surface area contributed by atoms with Crippen LogP contribution in [0.4, 0.5) is 0 Å². The van der Waals surface area contributed by atoms with Crippen molar-refractivity contribution in [1.29, 1.82) is 0 Å². The van der Waals surface area contributed by atoms with E-state index >= 15 is 0 Å². The average Bonchev–Trinajstić information content (AvgIpc) is 3.04. The molecule has 2 aromatic carbocycles. The second-order valence-electron chi connectivity index (χ2n) is 6.84. The number of amides is 1. The van der Waals surface area contributed by atoms with Crippen molar-refractivity contribution in [3.8, 4) is 22.8 Å². The fraction of sp³-hybridized carbons (Fsp3) is 0.143. The number of imidazole rings is 1. The number of ether oxygens (including phenoxy) is 1. The maximum absolute atomic E-state index is 12.8. The number of H-pyrrole nitrogens is 1. The lowest BCUT2D eigenvalue weighted by Crippen LogP contribution is -2.15. The minimum atomic E-state index is -0.772. The zero-order valence-corrected chi connectivity index (χ0v) is 18.1. The summed E-state index contributed by atoms with van der Waals surface area (Å²) < 4.78 is 7.61. The first-order chi connectivity index (χ1) is 14.3. The largest absolute Gasteiger partial charge is 0.496 e.